The van der Waals surface area contributed by atoms with Gasteiger partial charge in [0.1, 0.15) is 5.54 Å². The maximum Gasteiger partial charge on any atom is 0.303 e. The quantitative estimate of drug-likeness (QED) is 0.558. The van der Waals surface area contributed by atoms with Gasteiger partial charge < -0.3 is 10.4 Å². The minimum absolute atomic E-state index is 0.0317. The van der Waals surface area contributed by atoms with Gasteiger partial charge in [-0.3, -0.25) is 29.4 Å². The van der Waals surface area contributed by atoms with E-state index in [4.69, 9.17) is 23.2 Å². The Bertz CT molecular complexity index is 1220. The zero-order valence-electron chi connectivity index (χ0n) is 17.2. The van der Waals surface area contributed by atoms with Gasteiger partial charge in [0.15, 0.2) is 0 Å². The first kappa shape index (κ1) is 21.9. The predicted molar refractivity (Wildman–Crippen MR) is 120 cm³/mol. The molecule has 0 aromatic heterocycles. The Kier molecular flexibility index (Phi) is 5.19. The van der Waals surface area contributed by atoms with Crippen LogP contribution in [0.5, 0.6) is 0 Å². The van der Waals surface area contributed by atoms with Crippen LogP contribution in [0.3, 0.4) is 0 Å². The van der Waals surface area contributed by atoms with Crippen LogP contribution in [0.1, 0.15) is 24.0 Å². The number of likely N-dealkylation sites (tertiary alicyclic amines) is 1. The van der Waals surface area contributed by atoms with E-state index in [1.54, 1.807) is 42.5 Å². The molecule has 2 aromatic carbocycles. The maximum atomic E-state index is 13.7. The molecule has 3 aliphatic heterocycles. The molecule has 3 aliphatic rings. The van der Waals surface area contributed by atoms with Crippen LogP contribution in [0, 0.1) is 11.8 Å². The lowest BCUT2D eigenvalue weighted by Crippen LogP contribution is -2.53. The van der Waals surface area contributed by atoms with Crippen LogP contribution in [-0.2, 0) is 31.3 Å². The predicted octanol–water partition coefficient (Wildman–Crippen LogP) is 2.78. The molecule has 1 spiro atoms. The number of carbonyl (C=O) groups excluding carboxylic acids is 3. The van der Waals surface area contributed by atoms with Gasteiger partial charge in [-0.05, 0) is 24.1 Å². The minimum atomic E-state index is -1.52. The molecule has 8 nitrogen and oxygen atoms in total. The molecule has 3 N–H and O–H groups in total. The van der Waals surface area contributed by atoms with Gasteiger partial charge in [0, 0.05) is 23.0 Å². The van der Waals surface area contributed by atoms with Gasteiger partial charge in [-0.15, -0.1) is 0 Å². The standard InChI is InChI=1S/C23H19Cl2N3O5/c24-13-6-2-1-4-11(13)10-28-20(31)17-15(8-9-16(29)30)27-23(18(17)21(28)32)12-5-3-7-14(25)19(12)26-22(23)33/h1-7,15,17-18,27H,8-10H2,(H,26,33)(H,29,30)/t15-,17+,18-,23+/m0/s1. The third-order valence-electron chi connectivity index (χ3n) is 6.75. The fourth-order valence-electron chi connectivity index (χ4n) is 5.33. The van der Waals surface area contributed by atoms with Gasteiger partial charge in [0.25, 0.3) is 0 Å². The zero-order valence-corrected chi connectivity index (χ0v) is 18.7. The molecule has 10 heteroatoms. The molecule has 2 saturated heterocycles. The van der Waals surface area contributed by atoms with Crippen LogP contribution >= 0.6 is 23.2 Å². The van der Waals surface area contributed by atoms with Crippen molar-refractivity contribution in [2.45, 2.75) is 31.0 Å². The van der Waals surface area contributed by atoms with Gasteiger partial charge in [-0.1, -0.05) is 53.5 Å². The highest BCUT2D eigenvalue weighted by molar-refractivity contribution is 6.35. The summed E-state index contributed by atoms with van der Waals surface area (Å²) < 4.78 is 0. The lowest BCUT2D eigenvalue weighted by molar-refractivity contribution is -0.144. The molecular formula is C23H19Cl2N3O5. The van der Waals surface area contributed by atoms with Crippen molar-refractivity contribution >= 4 is 52.6 Å². The molecule has 3 amide bonds. The highest BCUT2D eigenvalue weighted by Gasteiger charge is 2.70. The number of aliphatic carboxylic acids is 1. The number of nitrogens with one attached hydrogen (secondary N) is 2. The van der Waals surface area contributed by atoms with Crippen LogP contribution in [0.25, 0.3) is 0 Å². The van der Waals surface area contributed by atoms with Crippen LogP contribution in [0.15, 0.2) is 42.5 Å². The Morgan fingerprint density at radius 1 is 1.03 bits per heavy atom. The summed E-state index contributed by atoms with van der Waals surface area (Å²) in [4.78, 5) is 52.9. The summed E-state index contributed by atoms with van der Waals surface area (Å²) in [5.74, 6) is -4.40. The Labute approximate surface area is 198 Å². The van der Waals surface area contributed by atoms with Crippen LogP contribution in [0.4, 0.5) is 5.69 Å². The monoisotopic (exact) mass is 487 g/mol. The van der Waals surface area contributed by atoms with Gasteiger partial charge in [-0.25, -0.2) is 0 Å². The summed E-state index contributed by atoms with van der Waals surface area (Å²) in [6, 6.07) is 11.2. The molecule has 4 atom stereocenters. The van der Waals surface area contributed by atoms with E-state index in [1.807, 2.05) is 0 Å². The van der Waals surface area contributed by atoms with E-state index >= 15 is 0 Å². The normalized spacial score (nSPS) is 27.8. The number of nitrogens with zero attached hydrogens (tertiary/aromatic N) is 1. The Morgan fingerprint density at radius 3 is 2.48 bits per heavy atom. The third kappa shape index (κ3) is 3.16. The van der Waals surface area contributed by atoms with Crippen LogP contribution < -0.4 is 10.6 Å². The molecule has 2 fully saturated rings. The Morgan fingerprint density at radius 2 is 1.76 bits per heavy atom. The average molecular weight is 488 g/mol. The fraction of sp³-hybridized carbons (Fsp3) is 0.304. The molecule has 33 heavy (non-hydrogen) atoms. The molecule has 0 bridgehead atoms. The van der Waals surface area contributed by atoms with E-state index in [0.717, 1.165) is 4.90 Å². The first-order valence-corrected chi connectivity index (χ1v) is 11.2. The molecule has 0 saturated carbocycles. The molecule has 2 aromatic rings. The van der Waals surface area contributed by atoms with E-state index < -0.39 is 47.1 Å². The lowest BCUT2D eigenvalue weighted by Gasteiger charge is -2.29. The second-order valence-electron chi connectivity index (χ2n) is 8.47. The zero-order chi connectivity index (χ0) is 23.5. The third-order valence-corrected chi connectivity index (χ3v) is 7.43. The second-order valence-corrected chi connectivity index (χ2v) is 9.28. The number of benzene rings is 2. The van der Waals surface area contributed by atoms with E-state index in [2.05, 4.69) is 10.6 Å². The average Bonchev–Trinajstić information content (AvgIpc) is 3.35. The number of hydrogen-bond donors (Lipinski definition) is 3. The van der Waals surface area contributed by atoms with Gasteiger partial charge in [0.05, 0.1) is 29.1 Å². The number of carboxylic acids is 1. The number of imide groups is 1. The highest BCUT2D eigenvalue weighted by atomic mass is 35.5. The van der Waals surface area contributed by atoms with E-state index in [9.17, 15) is 24.3 Å². The number of carboxylic acid groups (broad SMARTS) is 1. The molecule has 170 valence electrons. The summed E-state index contributed by atoms with van der Waals surface area (Å²) in [7, 11) is 0. The number of rotatable bonds is 5. The van der Waals surface area contributed by atoms with Crippen molar-refractivity contribution < 1.29 is 24.3 Å². The van der Waals surface area contributed by atoms with E-state index in [0.29, 0.717) is 26.9 Å². The Hall–Kier alpha value is -2.94. The smallest absolute Gasteiger partial charge is 0.303 e. The van der Waals surface area contributed by atoms with Crippen molar-refractivity contribution in [2.24, 2.45) is 11.8 Å². The van der Waals surface area contributed by atoms with Crippen molar-refractivity contribution in [3.05, 3.63) is 63.6 Å². The maximum absolute atomic E-state index is 13.7. The summed E-state index contributed by atoms with van der Waals surface area (Å²) >= 11 is 12.6. The van der Waals surface area contributed by atoms with Crippen LogP contribution in [0.2, 0.25) is 10.0 Å². The number of carbonyl (C=O) groups is 4. The summed E-state index contributed by atoms with van der Waals surface area (Å²) in [5.41, 5.74) is -0.0484. The van der Waals surface area contributed by atoms with Crippen molar-refractivity contribution in [1.29, 1.82) is 0 Å². The number of amides is 3. The summed E-state index contributed by atoms with van der Waals surface area (Å²) in [6.07, 6.45) is -0.132. The van der Waals surface area contributed by atoms with Crippen molar-refractivity contribution in [3.8, 4) is 0 Å². The van der Waals surface area contributed by atoms with Gasteiger partial charge >= 0.3 is 5.97 Å². The molecule has 0 unspecified atom stereocenters. The number of hydrogen-bond acceptors (Lipinski definition) is 5. The molecule has 3 heterocycles. The fourth-order valence-corrected chi connectivity index (χ4v) is 5.75. The van der Waals surface area contributed by atoms with Gasteiger partial charge in [0.2, 0.25) is 17.7 Å². The highest BCUT2D eigenvalue weighted by Crippen LogP contribution is 2.54. The summed E-state index contributed by atoms with van der Waals surface area (Å²) in [5, 5.41) is 15.9. The lowest BCUT2D eigenvalue weighted by atomic mass is 9.76. The SMILES string of the molecule is O=C(O)CC[C@@H]1N[C@@]2(C(=O)Nc3c(Cl)cccc32)[C@@H]2C(=O)N(Cc3ccccc3Cl)C(=O)[C@H]12. The number of halogens is 2. The topological polar surface area (TPSA) is 116 Å². The summed E-state index contributed by atoms with van der Waals surface area (Å²) in [6.45, 7) is -0.0317. The first-order chi connectivity index (χ1) is 15.8. The number of para-hydroxylation sites is 1. The molecule has 5 rings (SSSR count). The number of fused-ring (bicyclic) bond motifs is 4. The van der Waals surface area contributed by atoms with E-state index in [-0.39, 0.29) is 19.4 Å². The van der Waals surface area contributed by atoms with Crippen molar-refractivity contribution in [2.75, 3.05) is 5.32 Å². The Balaban J connectivity index is 1.60. The minimum Gasteiger partial charge on any atom is -0.481 e. The molecule has 0 radical (unpaired) electrons. The van der Waals surface area contributed by atoms with Crippen molar-refractivity contribution in [3.63, 3.8) is 0 Å². The largest absolute Gasteiger partial charge is 0.481 e. The first-order valence-electron chi connectivity index (χ1n) is 10.4. The van der Waals surface area contributed by atoms with Gasteiger partial charge in [-0.2, -0.15) is 0 Å². The van der Waals surface area contributed by atoms with Crippen molar-refractivity contribution in [1.82, 2.24) is 10.2 Å². The number of anilines is 1. The van der Waals surface area contributed by atoms with Crippen LogP contribution in [-0.4, -0.2) is 39.7 Å². The second kappa shape index (κ2) is 7.83. The molecule has 0 aliphatic carbocycles. The molecular weight excluding hydrogens is 469 g/mol. The van der Waals surface area contributed by atoms with E-state index in [1.165, 1.54) is 0 Å².